The van der Waals surface area contributed by atoms with Gasteiger partial charge in [-0.1, -0.05) is 11.8 Å². The first-order valence-corrected chi connectivity index (χ1v) is 5.66. The predicted octanol–water partition coefficient (Wildman–Crippen LogP) is 1.97. The summed E-state index contributed by atoms with van der Waals surface area (Å²) in [6.45, 7) is 0.813. The van der Waals surface area contributed by atoms with Gasteiger partial charge in [0.15, 0.2) is 5.09 Å². The zero-order chi connectivity index (χ0) is 11.4. The summed E-state index contributed by atoms with van der Waals surface area (Å²) in [4.78, 5) is 14.5. The topological polar surface area (TPSA) is 68.3 Å². The van der Waals surface area contributed by atoms with Gasteiger partial charge in [0.25, 0.3) is 0 Å². The third kappa shape index (κ3) is 2.66. The van der Waals surface area contributed by atoms with E-state index in [1.165, 1.54) is 17.8 Å². The molecule has 0 unspecified atom stereocenters. The molecule has 0 aliphatic rings. The molecule has 1 N–H and O–H groups in total. The van der Waals surface area contributed by atoms with Crippen molar-refractivity contribution in [1.82, 2.24) is 9.55 Å². The first-order chi connectivity index (χ1) is 7.75. The van der Waals surface area contributed by atoms with Gasteiger partial charge in [0, 0.05) is 24.7 Å². The Labute approximate surface area is 96.1 Å². The van der Waals surface area contributed by atoms with Gasteiger partial charge in [-0.05, 0) is 12.1 Å². The van der Waals surface area contributed by atoms with Crippen LogP contribution < -0.4 is 0 Å². The Morgan fingerprint density at radius 3 is 3.06 bits per heavy atom. The Morgan fingerprint density at radius 1 is 1.56 bits per heavy atom. The van der Waals surface area contributed by atoms with E-state index in [-0.39, 0.29) is 5.76 Å². The molecule has 2 heterocycles. The van der Waals surface area contributed by atoms with Crippen molar-refractivity contribution in [1.29, 1.82) is 0 Å². The van der Waals surface area contributed by atoms with Gasteiger partial charge >= 0.3 is 5.97 Å². The molecule has 6 heteroatoms. The maximum absolute atomic E-state index is 10.6. The summed E-state index contributed by atoms with van der Waals surface area (Å²) in [5.74, 6) is -0.255. The summed E-state index contributed by atoms with van der Waals surface area (Å²) in [6.07, 6.45) is 5.34. The number of thioether (sulfide) groups is 1. The highest BCUT2D eigenvalue weighted by atomic mass is 32.2. The van der Waals surface area contributed by atoms with E-state index in [4.69, 9.17) is 9.52 Å². The van der Waals surface area contributed by atoms with Crippen LogP contribution in [0.15, 0.2) is 40.4 Å². The zero-order valence-corrected chi connectivity index (χ0v) is 9.18. The first-order valence-electron chi connectivity index (χ1n) is 4.67. The van der Waals surface area contributed by atoms with Crippen molar-refractivity contribution in [2.24, 2.45) is 0 Å². The summed E-state index contributed by atoms with van der Waals surface area (Å²) in [5.41, 5.74) is 0. The van der Waals surface area contributed by atoms with Gasteiger partial charge in [0.1, 0.15) is 0 Å². The minimum Gasteiger partial charge on any atom is -0.475 e. The van der Waals surface area contributed by atoms with E-state index in [1.54, 1.807) is 18.6 Å². The second-order valence-electron chi connectivity index (χ2n) is 3.07. The molecule has 0 aliphatic carbocycles. The maximum atomic E-state index is 10.6. The fraction of sp³-hybridized carbons (Fsp3) is 0.200. The van der Waals surface area contributed by atoms with Crippen LogP contribution >= 0.6 is 11.8 Å². The molecule has 5 nitrogen and oxygen atoms in total. The lowest BCUT2D eigenvalue weighted by atomic mass is 10.5. The molecule has 0 bridgehead atoms. The second kappa shape index (κ2) is 4.89. The molecule has 84 valence electrons. The van der Waals surface area contributed by atoms with Gasteiger partial charge in [0.2, 0.25) is 5.76 Å². The van der Waals surface area contributed by atoms with E-state index < -0.39 is 5.97 Å². The van der Waals surface area contributed by atoms with Crippen LogP contribution in [0.4, 0.5) is 0 Å². The van der Waals surface area contributed by atoms with Gasteiger partial charge in [-0.15, -0.1) is 0 Å². The summed E-state index contributed by atoms with van der Waals surface area (Å²) in [6, 6.07) is 3.13. The van der Waals surface area contributed by atoms with Crippen LogP contribution in [0.1, 0.15) is 10.6 Å². The number of carboxylic acid groups (broad SMARTS) is 1. The maximum Gasteiger partial charge on any atom is 0.371 e. The monoisotopic (exact) mass is 238 g/mol. The fourth-order valence-electron chi connectivity index (χ4n) is 1.18. The van der Waals surface area contributed by atoms with Crippen molar-refractivity contribution < 1.29 is 14.3 Å². The Hall–Kier alpha value is -1.69. The van der Waals surface area contributed by atoms with Gasteiger partial charge in [-0.25, -0.2) is 9.78 Å². The molecule has 2 rings (SSSR count). The number of imidazole rings is 1. The molecule has 0 atom stereocenters. The molecule has 0 fully saturated rings. The standard InChI is InChI=1S/C10H10N2O3S/c13-10(14)8-1-2-9(15-8)16-6-5-12-4-3-11-7-12/h1-4,7H,5-6H2,(H,13,14). The van der Waals surface area contributed by atoms with Crippen molar-refractivity contribution in [2.75, 3.05) is 5.75 Å². The molecule has 2 aromatic rings. The van der Waals surface area contributed by atoms with E-state index in [0.29, 0.717) is 5.09 Å². The van der Waals surface area contributed by atoms with Crippen molar-refractivity contribution in [3.63, 3.8) is 0 Å². The van der Waals surface area contributed by atoms with Gasteiger partial charge in [-0.3, -0.25) is 0 Å². The molecule has 0 radical (unpaired) electrons. The number of rotatable bonds is 5. The predicted molar refractivity (Wildman–Crippen MR) is 58.6 cm³/mol. The SMILES string of the molecule is O=C(O)c1ccc(SCCn2ccnc2)o1. The number of aromatic carboxylic acids is 1. The Balaban J connectivity index is 1.83. The number of carbonyl (C=O) groups is 1. The summed E-state index contributed by atoms with van der Waals surface area (Å²) in [5, 5.41) is 9.28. The van der Waals surface area contributed by atoms with E-state index in [0.717, 1.165) is 12.3 Å². The quantitative estimate of drug-likeness (QED) is 0.806. The third-order valence-electron chi connectivity index (χ3n) is 1.95. The molecule has 0 amide bonds. The highest BCUT2D eigenvalue weighted by Crippen LogP contribution is 2.21. The number of hydrogen-bond acceptors (Lipinski definition) is 4. The number of aromatic nitrogens is 2. The van der Waals surface area contributed by atoms with E-state index in [1.807, 2.05) is 10.8 Å². The van der Waals surface area contributed by atoms with Crippen molar-refractivity contribution >= 4 is 17.7 Å². The van der Waals surface area contributed by atoms with Crippen molar-refractivity contribution in [3.05, 3.63) is 36.6 Å². The Bertz CT molecular complexity index is 464. The van der Waals surface area contributed by atoms with E-state index >= 15 is 0 Å². The average Bonchev–Trinajstić information content (AvgIpc) is 2.87. The number of hydrogen-bond donors (Lipinski definition) is 1. The zero-order valence-electron chi connectivity index (χ0n) is 8.37. The third-order valence-corrected chi connectivity index (χ3v) is 2.84. The smallest absolute Gasteiger partial charge is 0.371 e. The lowest BCUT2D eigenvalue weighted by molar-refractivity contribution is 0.0656. The molecule has 0 saturated heterocycles. The van der Waals surface area contributed by atoms with Gasteiger partial charge in [-0.2, -0.15) is 0 Å². The molecule has 0 aliphatic heterocycles. The molecule has 0 spiro atoms. The minimum absolute atomic E-state index is 0.0230. The summed E-state index contributed by atoms with van der Waals surface area (Å²) in [7, 11) is 0. The van der Waals surface area contributed by atoms with Crippen LogP contribution in [0.5, 0.6) is 0 Å². The van der Waals surface area contributed by atoms with Crippen LogP contribution in [0, 0.1) is 0 Å². The number of aryl methyl sites for hydroxylation is 1. The van der Waals surface area contributed by atoms with E-state index in [2.05, 4.69) is 4.98 Å². The normalized spacial score (nSPS) is 10.5. The second-order valence-corrected chi connectivity index (χ2v) is 4.17. The van der Waals surface area contributed by atoms with Crippen molar-refractivity contribution in [3.8, 4) is 0 Å². The highest BCUT2D eigenvalue weighted by molar-refractivity contribution is 7.99. The minimum atomic E-state index is -1.04. The van der Waals surface area contributed by atoms with Gasteiger partial charge < -0.3 is 14.1 Å². The molecule has 16 heavy (non-hydrogen) atoms. The largest absolute Gasteiger partial charge is 0.475 e. The molecule has 0 aromatic carbocycles. The summed E-state index contributed by atoms with van der Waals surface area (Å²) >= 11 is 1.48. The Kier molecular flexibility index (Phi) is 3.31. The lowest BCUT2D eigenvalue weighted by Gasteiger charge is -1.99. The summed E-state index contributed by atoms with van der Waals surface area (Å²) < 4.78 is 7.06. The fourth-order valence-corrected chi connectivity index (χ4v) is 2.00. The van der Waals surface area contributed by atoms with Crippen LogP contribution in [0.3, 0.4) is 0 Å². The van der Waals surface area contributed by atoms with Crippen LogP contribution in [0.2, 0.25) is 0 Å². The van der Waals surface area contributed by atoms with Crippen LogP contribution in [0.25, 0.3) is 0 Å². The average molecular weight is 238 g/mol. The molecule has 2 aromatic heterocycles. The lowest BCUT2D eigenvalue weighted by Crippen LogP contribution is -1.96. The first kappa shape index (κ1) is 10.8. The molecular formula is C10H10N2O3S. The van der Waals surface area contributed by atoms with Gasteiger partial charge in [0.05, 0.1) is 6.33 Å². The molecular weight excluding hydrogens is 228 g/mol. The highest BCUT2D eigenvalue weighted by Gasteiger charge is 2.08. The number of furan rings is 1. The van der Waals surface area contributed by atoms with E-state index in [9.17, 15) is 4.79 Å². The van der Waals surface area contributed by atoms with Crippen LogP contribution in [-0.4, -0.2) is 26.4 Å². The van der Waals surface area contributed by atoms with Crippen molar-refractivity contribution in [2.45, 2.75) is 11.6 Å². The Morgan fingerprint density at radius 2 is 2.44 bits per heavy atom. The molecule has 0 saturated carbocycles. The van der Waals surface area contributed by atoms with Crippen LogP contribution in [-0.2, 0) is 6.54 Å². The number of carboxylic acids is 1. The number of nitrogens with zero attached hydrogens (tertiary/aromatic N) is 2.